The van der Waals surface area contributed by atoms with Gasteiger partial charge in [-0.2, -0.15) is 0 Å². The molecule has 0 radical (unpaired) electrons. The van der Waals surface area contributed by atoms with Crippen LogP contribution in [0.4, 0.5) is 4.39 Å². The third-order valence-corrected chi connectivity index (χ3v) is 3.76. The minimum Gasteiger partial charge on any atom is -0.348 e. The third kappa shape index (κ3) is 3.51. The first-order valence-corrected chi connectivity index (χ1v) is 7.20. The summed E-state index contributed by atoms with van der Waals surface area (Å²) in [6, 6.07) is 9.31. The summed E-state index contributed by atoms with van der Waals surface area (Å²) in [6.07, 6.45) is 0. The predicted molar refractivity (Wildman–Crippen MR) is 81.7 cm³/mol. The molecule has 6 heteroatoms. The van der Waals surface area contributed by atoms with Gasteiger partial charge < -0.3 is 5.32 Å². The lowest BCUT2D eigenvalue weighted by Gasteiger charge is -2.09. The monoisotopic (exact) mass is 375 g/mol. The Kier molecular flexibility index (Phi) is 5.02. The molecule has 0 aromatic heterocycles. The Labute approximate surface area is 134 Å². The average Bonchev–Trinajstić information content (AvgIpc) is 2.39. The van der Waals surface area contributed by atoms with Crippen LogP contribution < -0.4 is 5.32 Å². The van der Waals surface area contributed by atoms with E-state index in [0.29, 0.717) is 5.56 Å². The van der Waals surface area contributed by atoms with Gasteiger partial charge in [-0.15, -0.1) is 0 Å². The molecule has 0 aliphatic heterocycles. The van der Waals surface area contributed by atoms with Crippen molar-refractivity contribution in [2.75, 3.05) is 0 Å². The van der Waals surface area contributed by atoms with Crippen LogP contribution in [-0.2, 0) is 6.54 Å². The topological polar surface area (TPSA) is 29.1 Å². The number of amides is 1. The van der Waals surface area contributed by atoms with Crippen molar-refractivity contribution in [1.82, 2.24) is 5.32 Å². The average molecular weight is 377 g/mol. The number of halogens is 4. The quantitative estimate of drug-likeness (QED) is 0.816. The molecule has 2 aromatic carbocycles. The third-order valence-electron chi connectivity index (χ3n) is 2.64. The van der Waals surface area contributed by atoms with Crippen LogP contribution in [0.3, 0.4) is 0 Å². The second-order valence-electron chi connectivity index (χ2n) is 4.02. The van der Waals surface area contributed by atoms with Gasteiger partial charge in [-0.05, 0) is 30.3 Å². The highest BCUT2D eigenvalue weighted by Gasteiger charge is 2.14. The van der Waals surface area contributed by atoms with Gasteiger partial charge in [0.2, 0.25) is 0 Å². The van der Waals surface area contributed by atoms with E-state index in [1.165, 1.54) is 6.07 Å². The van der Waals surface area contributed by atoms with E-state index in [1.54, 1.807) is 30.3 Å². The predicted octanol–water partition coefficient (Wildman–Crippen LogP) is 4.83. The van der Waals surface area contributed by atoms with E-state index in [9.17, 15) is 9.18 Å². The van der Waals surface area contributed by atoms with Crippen LogP contribution in [0.2, 0.25) is 10.0 Å². The van der Waals surface area contributed by atoms with Crippen LogP contribution in [0.15, 0.2) is 40.9 Å². The Bertz CT molecular complexity index is 643. The Morgan fingerprint density at radius 2 is 1.85 bits per heavy atom. The van der Waals surface area contributed by atoms with Crippen molar-refractivity contribution in [2.45, 2.75) is 6.54 Å². The van der Waals surface area contributed by atoms with Crippen molar-refractivity contribution in [3.8, 4) is 0 Å². The second kappa shape index (κ2) is 6.57. The first-order valence-electron chi connectivity index (χ1n) is 5.65. The zero-order valence-corrected chi connectivity index (χ0v) is 13.2. The molecule has 0 spiro atoms. The van der Waals surface area contributed by atoms with E-state index in [4.69, 9.17) is 23.2 Å². The van der Waals surface area contributed by atoms with E-state index >= 15 is 0 Å². The Morgan fingerprint density at radius 3 is 2.50 bits per heavy atom. The Morgan fingerprint density at radius 1 is 1.20 bits per heavy atom. The van der Waals surface area contributed by atoms with E-state index in [2.05, 4.69) is 21.2 Å². The van der Waals surface area contributed by atoms with Gasteiger partial charge in [0.05, 0.1) is 15.6 Å². The maximum atomic E-state index is 13.6. The van der Waals surface area contributed by atoms with Crippen LogP contribution in [0.25, 0.3) is 0 Å². The number of rotatable bonds is 3. The highest BCUT2D eigenvalue weighted by molar-refractivity contribution is 9.10. The van der Waals surface area contributed by atoms with E-state index < -0.39 is 11.7 Å². The minimum atomic E-state index is -0.444. The summed E-state index contributed by atoms with van der Waals surface area (Å²) in [6.45, 7) is 0.0473. The molecule has 0 unspecified atom stereocenters. The summed E-state index contributed by atoms with van der Waals surface area (Å²) in [4.78, 5) is 12.0. The molecule has 1 amide bonds. The second-order valence-corrected chi connectivity index (χ2v) is 5.75. The van der Waals surface area contributed by atoms with E-state index in [0.717, 1.165) is 4.47 Å². The van der Waals surface area contributed by atoms with Crippen molar-refractivity contribution in [3.63, 3.8) is 0 Å². The van der Waals surface area contributed by atoms with E-state index in [1.807, 2.05) is 0 Å². The van der Waals surface area contributed by atoms with Crippen molar-refractivity contribution in [2.24, 2.45) is 0 Å². The maximum absolute atomic E-state index is 13.6. The molecule has 104 valence electrons. The fourth-order valence-corrected chi connectivity index (χ4v) is 2.63. The molecule has 0 saturated heterocycles. The Balaban J connectivity index is 2.15. The SMILES string of the molecule is O=C(NCc1cc(Br)ccc1F)c1c(Cl)cccc1Cl. The van der Waals surface area contributed by atoms with Crippen molar-refractivity contribution in [1.29, 1.82) is 0 Å². The molecular weight excluding hydrogens is 368 g/mol. The smallest absolute Gasteiger partial charge is 0.254 e. The summed E-state index contributed by atoms with van der Waals surface area (Å²) in [5.41, 5.74) is 0.558. The zero-order chi connectivity index (χ0) is 14.7. The standard InChI is InChI=1S/C14H9BrCl2FNO/c15-9-4-5-12(18)8(6-9)7-19-14(20)13-10(16)2-1-3-11(13)17/h1-6H,7H2,(H,19,20). The van der Waals surface area contributed by atoms with Gasteiger partial charge in [0.15, 0.2) is 0 Å². The van der Waals surface area contributed by atoms with Crippen LogP contribution in [-0.4, -0.2) is 5.91 Å². The number of hydrogen-bond donors (Lipinski definition) is 1. The highest BCUT2D eigenvalue weighted by Crippen LogP contribution is 2.24. The van der Waals surface area contributed by atoms with Gasteiger partial charge in [-0.3, -0.25) is 4.79 Å². The van der Waals surface area contributed by atoms with Crippen LogP contribution >= 0.6 is 39.1 Å². The van der Waals surface area contributed by atoms with Gasteiger partial charge in [-0.25, -0.2) is 4.39 Å². The summed E-state index contributed by atoms with van der Waals surface area (Å²) in [5, 5.41) is 3.11. The lowest BCUT2D eigenvalue weighted by molar-refractivity contribution is 0.0951. The number of nitrogens with one attached hydrogen (secondary N) is 1. The largest absolute Gasteiger partial charge is 0.348 e. The normalized spacial score (nSPS) is 10.4. The molecular formula is C14H9BrCl2FNO. The molecule has 0 fully saturated rings. The molecule has 0 atom stereocenters. The van der Waals surface area contributed by atoms with Gasteiger partial charge in [0, 0.05) is 16.6 Å². The van der Waals surface area contributed by atoms with Crippen molar-refractivity contribution >= 4 is 45.0 Å². The summed E-state index contributed by atoms with van der Waals surface area (Å²) >= 11 is 15.1. The molecule has 0 aliphatic rings. The van der Waals surface area contributed by atoms with Gasteiger partial charge in [0.1, 0.15) is 5.82 Å². The fourth-order valence-electron chi connectivity index (χ4n) is 1.66. The van der Waals surface area contributed by atoms with Gasteiger partial charge in [0.25, 0.3) is 5.91 Å². The summed E-state index contributed by atoms with van der Waals surface area (Å²) < 4.78 is 14.3. The highest BCUT2D eigenvalue weighted by atomic mass is 79.9. The first-order chi connectivity index (χ1) is 9.49. The number of carbonyl (C=O) groups is 1. The fraction of sp³-hybridized carbons (Fsp3) is 0.0714. The van der Waals surface area contributed by atoms with Gasteiger partial charge in [-0.1, -0.05) is 45.2 Å². The number of carbonyl (C=O) groups excluding carboxylic acids is 1. The first kappa shape index (κ1) is 15.3. The molecule has 1 N–H and O–H groups in total. The molecule has 2 aromatic rings. The van der Waals surface area contributed by atoms with E-state index in [-0.39, 0.29) is 22.2 Å². The van der Waals surface area contributed by atoms with Gasteiger partial charge >= 0.3 is 0 Å². The van der Waals surface area contributed by atoms with Crippen molar-refractivity contribution in [3.05, 3.63) is 67.9 Å². The van der Waals surface area contributed by atoms with Crippen molar-refractivity contribution < 1.29 is 9.18 Å². The van der Waals surface area contributed by atoms with Crippen LogP contribution in [0.1, 0.15) is 15.9 Å². The molecule has 20 heavy (non-hydrogen) atoms. The maximum Gasteiger partial charge on any atom is 0.254 e. The summed E-state index contributed by atoms with van der Waals surface area (Å²) in [5.74, 6) is -0.835. The molecule has 2 rings (SSSR count). The Hall–Kier alpha value is -1.10. The summed E-state index contributed by atoms with van der Waals surface area (Å²) in [7, 11) is 0. The molecule has 0 aliphatic carbocycles. The number of hydrogen-bond acceptors (Lipinski definition) is 1. The number of benzene rings is 2. The molecule has 0 heterocycles. The van der Waals surface area contributed by atoms with Crippen LogP contribution in [0, 0.1) is 5.82 Å². The minimum absolute atomic E-state index is 0.0473. The zero-order valence-electron chi connectivity index (χ0n) is 10.1. The van der Waals surface area contributed by atoms with Crippen LogP contribution in [0.5, 0.6) is 0 Å². The molecule has 2 nitrogen and oxygen atoms in total. The molecule has 0 bridgehead atoms. The lowest BCUT2D eigenvalue weighted by Crippen LogP contribution is -2.24. The molecule has 0 saturated carbocycles. The lowest BCUT2D eigenvalue weighted by atomic mass is 10.2.